The Bertz CT molecular complexity index is 1410. The SMILES string of the molecule is CCOC(=O)C1=C(c2ccccc2)N=C2SC=C(CC(=O)N3CCC(C(=O)OCC)CC3)N2C1c1ccc(OC)cc1. The highest BCUT2D eigenvalue weighted by Gasteiger charge is 2.43. The van der Waals surface area contributed by atoms with Crippen LogP contribution >= 0.6 is 11.8 Å². The maximum absolute atomic E-state index is 13.6. The first-order chi connectivity index (χ1) is 20.4. The van der Waals surface area contributed by atoms with Gasteiger partial charge in [0.25, 0.3) is 0 Å². The smallest absolute Gasteiger partial charge is 0.338 e. The minimum Gasteiger partial charge on any atom is -0.497 e. The van der Waals surface area contributed by atoms with Crippen LogP contribution in [0.1, 0.15) is 50.3 Å². The molecule has 9 nitrogen and oxygen atoms in total. The first kappa shape index (κ1) is 29.4. The molecule has 3 aliphatic rings. The Morgan fingerprint density at radius 1 is 0.952 bits per heavy atom. The number of carbonyl (C=O) groups is 3. The molecule has 3 aliphatic heterocycles. The number of piperidine rings is 1. The van der Waals surface area contributed by atoms with Crippen LogP contribution in [0.15, 0.2) is 76.3 Å². The van der Waals surface area contributed by atoms with Crippen molar-refractivity contribution in [3.8, 4) is 5.75 Å². The predicted molar refractivity (Wildman–Crippen MR) is 161 cm³/mol. The van der Waals surface area contributed by atoms with Gasteiger partial charge >= 0.3 is 11.9 Å². The zero-order chi connectivity index (χ0) is 29.6. The molecule has 0 radical (unpaired) electrons. The fourth-order valence-corrected chi connectivity index (χ4v) is 6.40. The van der Waals surface area contributed by atoms with Crippen molar-refractivity contribution in [2.75, 3.05) is 33.4 Å². The zero-order valence-corrected chi connectivity index (χ0v) is 24.9. The van der Waals surface area contributed by atoms with Crippen LogP contribution in [0.4, 0.5) is 0 Å². The van der Waals surface area contributed by atoms with Gasteiger partial charge in [-0.05, 0) is 49.8 Å². The van der Waals surface area contributed by atoms with Crippen molar-refractivity contribution in [3.63, 3.8) is 0 Å². The summed E-state index contributed by atoms with van der Waals surface area (Å²) in [6.45, 7) is 5.14. The summed E-state index contributed by atoms with van der Waals surface area (Å²) in [7, 11) is 1.61. The van der Waals surface area contributed by atoms with Crippen molar-refractivity contribution in [3.05, 3.63) is 82.4 Å². The summed E-state index contributed by atoms with van der Waals surface area (Å²) in [5.41, 5.74) is 3.37. The van der Waals surface area contributed by atoms with Gasteiger partial charge in [0.1, 0.15) is 5.75 Å². The van der Waals surface area contributed by atoms with E-state index in [-0.39, 0.29) is 30.8 Å². The lowest BCUT2D eigenvalue weighted by atomic mass is 9.91. The molecule has 42 heavy (non-hydrogen) atoms. The Labute approximate surface area is 250 Å². The number of thioether (sulfide) groups is 1. The molecular formula is C32H35N3O6S. The van der Waals surface area contributed by atoms with Gasteiger partial charge < -0.3 is 24.0 Å². The lowest BCUT2D eigenvalue weighted by Crippen LogP contribution is -2.42. The molecular weight excluding hydrogens is 554 g/mol. The number of fused-ring (bicyclic) bond motifs is 1. The molecule has 10 heteroatoms. The van der Waals surface area contributed by atoms with Crippen molar-refractivity contribution >= 4 is 40.5 Å². The van der Waals surface area contributed by atoms with Gasteiger partial charge in [-0.3, -0.25) is 9.59 Å². The number of aliphatic imine (C=N–C) groups is 1. The molecule has 2 aromatic rings. The molecule has 0 spiro atoms. The summed E-state index contributed by atoms with van der Waals surface area (Å²) in [4.78, 5) is 48.1. The third-order valence-electron chi connectivity index (χ3n) is 7.58. The molecule has 220 valence electrons. The number of amidine groups is 1. The van der Waals surface area contributed by atoms with Crippen LogP contribution in [0.5, 0.6) is 5.75 Å². The summed E-state index contributed by atoms with van der Waals surface area (Å²) in [5.74, 6) is -0.160. The number of hydrogen-bond acceptors (Lipinski definition) is 9. The quantitative estimate of drug-likeness (QED) is 0.370. The van der Waals surface area contributed by atoms with Crippen molar-refractivity contribution < 1.29 is 28.6 Å². The molecule has 2 aromatic carbocycles. The minimum atomic E-state index is -0.568. The number of ether oxygens (including phenoxy) is 3. The summed E-state index contributed by atoms with van der Waals surface area (Å²) in [6.07, 6.45) is 1.30. The number of methoxy groups -OCH3 is 1. The van der Waals surface area contributed by atoms with Crippen LogP contribution in [0.2, 0.25) is 0 Å². The van der Waals surface area contributed by atoms with Crippen LogP contribution in [0.3, 0.4) is 0 Å². The number of carbonyl (C=O) groups excluding carboxylic acids is 3. The number of likely N-dealkylation sites (tertiary alicyclic amines) is 1. The Morgan fingerprint density at radius 2 is 1.64 bits per heavy atom. The largest absolute Gasteiger partial charge is 0.497 e. The van der Waals surface area contributed by atoms with Gasteiger partial charge in [0.05, 0.1) is 50.0 Å². The number of benzene rings is 2. The van der Waals surface area contributed by atoms with Gasteiger partial charge in [0.2, 0.25) is 5.91 Å². The van der Waals surface area contributed by atoms with Gasteiger partial charge in [0.15, 0.2) is 5.17 Å². The van der Waals surface area contributed by atoms with Crippen LogP contribution in [0, 0.1) is 5.92 Å². The Hall–Kier alpha value is -4.05. The van der Waals surface area contributed by atoms with E-state index in [2.05, 4.69) is 0 Å². The van der Waals surface area contributed by atoms with E-state index in [1.54, 1.807) is 25.9 Å². The Kier molecular flexibility index (Phi) is 9.31. The van der Waals surface area contributed by atoms with E-state index in [0.717, 1.165) is 16.8 Å². The van der Waals surface area contributed by atoms with Crippen LogP contribution in [-0.4, -0.2) is 66.2 Å². The topological polar surface area (TPSA) is 97.7 Å². The number of hydrogen-bond donors (Lipinski definition) is 0. The second kappa shape index (κ2) is 13.3. The third kappa shape index (κ3) is 6.09. The van der Waals surface area contributed by atoms with Gasteiger partial charge in [0, 0.05) is 24.4 Å². The van der Waals surface area contributed by atoms with Gasteiger partial charge in [-0.25, -0.2) is 9.79 Å². The highest BCUT2D eigenvalue weighted by Crippen LogP contribution is 2.47. The molecule has 1 fully saturated rings. The average molecular weight is 590 g/mol. The summed E-state index contributed by atoms with van der Waals surface area (Å²) in [6, 6.07) is 16.6. The van der Waals surface area contributed by atoms with Gasteiger partial charge in [-0.1, -0.05) is 54.2 Å². The van der Waals surface area contributed by atoms with Gasteiger partial charge in [-0.2, -0.15) is 0 Å². The normalized spacial score (nSPS) is 18.7. The maximum atomic E-state index is 13.6. The van der Waals surface area contributed by atoms with Gasteiger partial charge in [-0.15, -0.1) is 0 Å². The molecule has 0 saturated carbocycles. The molecule has 1 atom stereocenters. The minimum absolute atomic E-state index is 0.0330. The van der Waals surface area contributed by atoms with E-state index in [0.29, 0.717) is 54.7 Å². The molecule has 5 rings (SSSR count). The predicted octanol–water partition coefficient (Wildman–Crippen LogP) is 5.16. The molecule has 1 amide bonds. The van der Waals surface area contributed by atoms with Crippen molar-refractivity contribution in [2.24, 2.45) is 10.9 Å². The summed E-state index contributed by atoms with van der Waals surface area (Å²) >= 11 is 1.44. The number of esters is 2. The van der Waals surface area contributed by atoms with E-state index in [1.807, 2.05) is 64.9 Å². The molecule has 1 unspecified atom stereocenters. The molecule has 0 bridgehead atoms. The van der Waals surface area contributed by atoms with E-state index < -0.39 is 12.0 Å². The number of amides is 1. The second-order valence-electron chi connectivity index (χ2n) is 10.1. The van der Waals surface area contributed by atoms with Crippen molar-refractivity contribution in [2.45, 2.75) is 39.2 Å². The van der Waals surface area contributed by atoms with E-state index in [1.165, 1.54) is 11.8 Å². The summed E-state index contributed by atoms with van der Waals surface area (Å²) < 4.78 is 16.1. The number of rotatable bonds is 9. The van der Waals surface area contributed by atoms with E-state index in [9.17, 15) is 14.4 Å². The standard InChI is InChI=1S/C32H35N3O6S/c1-4-40-30(37)23-15-17-34(18-16-23)26(36)19-24-20-42-32-33-28(21-9-7-6-8-10-21)27(31(38)41-5-2)29(35(24)32)22-11-13-25(39-3)14-12-22/h6-14,20,23,29H,4-5,15-19H2,1-3H3. The molecule has 0 aromatic heterocycles. The maximum Gasteiger partial charge on any atom is 0.338 e. The molecule has 0 N–H and O–H groups in total. The zero-order valence-electron chi connectivity index (χ0n) is 24.1. The molecule has 0 aliphatic carbocycles. The first-order valence-electron chi connectivity index (χ1n) is 14.2. The van der Waals surface area contributed by atoms with E-state index >= 15 is 0 Å². The third-order valence-corrected chi connectivity index (χ3v) is 8.47. The van der Waals surface area contributed by atoms with Crippen molar-refractivity contribution in [1.29, 1.82) is 0 Å². The Balaban J connectivity index is 1.47. The fourth-order valence-electron chi connectivity index (χ4n) is 5.48. The van der Waals surface area contributed by atoms with Crippen LogP contribution in [0.25, 0.3) is 5.70 Å². The first-order valence-corrected chi connectivity index (χ1v) is 15.1. The lowest BCUT2D eigenvalue weighted by molar-refractivity contribution is -0.151. The van der Waals surface area contributed by atoms with Crippen LogP contribution in [-0.2, 0) is 23.9 Å². The van der Waals surface area contributed by atoms with Crippen LogP contribution < -0.4 is 4.74 Å². The lowest BCUT2D eigenvalue weighted by Gasteiger charge is -2.37. The highest BCUT2D eigenvalue weighted by molar-refractivity contribution is 8.16. The summed E-state index contributed by atoms with van der Waals surface area (Å²) in [5, 5.41) is 2.63. The second-order valence-corrected chi connectivity index (χ2v) is 10.9. The fraction of sp³-hybridized carbons (Fsp3) is 0.375. The number of nitrogens with zero attached hydrogens (tertiary/aromatic N) is 3. The average Bonchev–Trinajstić information content (AvgIpc) is 3.43. The molecule has 3 heterocycles. The molecule has 1 saturated heterocycles. The monoisotopic (exact) mass is 589 g/mol. The van der Waals surface area contributed by atoms with Crippen molar-refractivity contribution in [1.82, 2.24) is 9.80 Å². The van der Waals surface area contributed by atoms with E-state index in [4.69, 9.17) is 19.2 Å². The Morgan fingerprint density at radius 3 is 2.29 bits per heavy atom. The highest BCUT2D eigenvalue weighted by atomic mass is 32.2.